The molecular formula is C17H23N3OS. The van der Waals surface area contributed by atoms with E-state index in [0.717, 1.165) is 19.0 Å². The highest BCUT2D eigenvalue weighted by atomic mass is 32.1. The Morgan fingerprint density at radius 2 is 2.00 bits per heavy atom. The van der Waals surface area contributed by atoms with Crippen LogP contribution in [0.15, 0.2) is 46.1 Å². The maximum Gasteiger partial charge on any atom is 0.191 e. The average molecular weight is 317 g/mol. The van der Waals surface area contributed by atoms with Gasteiger partial charge in [0.15, 0.2) is 5.96 Å². The fourth-order valence-corrected chi connectivity index (χ4v) is 2.76. The fraction of sp³-hybridized carbons (Fsp3) is 0.353. The van der Waals surface area contributed by atoms with Gasteiger partial charge in [-0.1, -0.05) is 24.3 Å². The van der Waals surface area contributed by atoms with Crippen LogP contribution in [0.3, 0.4) is 0 Å². The van der Waals surface area contributed by atoms with E-state index in [1.807, 2.05) is 12.1 Å². The number of hydrogen-bond acceptors (Lipinski definition) is 3. The average Bonchev–Trinajstić information content (AvgIpc) is 3.05. The summed E-state index contributed by atoms with van der Waals surface area (Å²) in [4.78, 5) is 4.62. The second-order valence-electron chi connectivity index (χ2n) is 4.88. The first kappa shape index (κ1) is 16.5. The Hall–Kier alpha value is -1.85. The number of guanidine groups is 1. The molecule has 1 heterocycles. The van der Waals surface area contributed by atoms with Crippen molar-refractivity contribution in [3.8, 4) is 0 Å². The molecule has 0 radical (unpaired) electrons. The number of methoxy groups -OCH3 is 1. The van der Waals surface area contributed by atoms with Crippen molar-refractivity contribution in [2.45, 2.75) is 26.6 Å². The minimum atomic E-state index is 0.625. The molecule has 22 heavy (non-hydrogen) atoms. The lowest BCUT2D eigenvalue weighted by Crippen LogP contribution is -2.37. The van der Waals surface area contributed by atoms with Crippen LogP contribution in [0.1, 0.15) is 23.6 Å². The largest absolute Gasteiger partial charge is 0.380 e. The lowest BCUT2D eigenvalue weighted by atomic mass is 10.1. The molecule has 4 nitrogen and oxygen atoms in total. The molecule has 0 spiro atoms. The minimum Gasteiger partial charge on any atom is -0.380 e. The van der Waals surface area contributed by atoms with Gasteiger partial charge in [0.1, 0.15) is 0 Å². The summed E-state index contributed by atoms with van der Waals surface area (Å²) in [6, 6.07) is 10.4. The van der Waals surface area contributed by atoms with Crippen LogP contribution in [0.25, 0.3) is 0 Å². The van der Waals surface area contributed by atoms with Crippen molar-refractivity contribution in [3.63, 3.8) is 0 Å². The zero-order chi connectivity index (χ0) is 15.6. The topological polar surface area (TPSA) is 45.7 Å². The number of benzene rings is 1. The summed E-state index contributed by atoms with van der Waals surface area (Å²) in [5.41, 5.74) is 3.67. The van der Waals surface area contributed by atoms with Crippen LogP contribution in [0.5, 0.6) is 0 Å². The molecule has 0 unspecified atom stereocenters. The maximum absolute atomic E-state index is 5.25. The third kappa shape index (κ3) is 5.16. The molecule has 0 amide bonds. The molecule has 0 bridgehead atoms. The van der Waals surface area contributed by atoms with Gasteiger partial charge in [0.25, 0.3) is 0 Å². The smallest absolute Gasteiger partial charge is 0.191 e. The first-order valence-corrected chi connectivity index (χ1v) is 8.36. The van der Waals surface area contributed by atoms with E-state index in [0.29, 0.717) is 13.2 Å². The summed E-state index contributed by atoms with van der Waals surface area (Å²) < 4.78 is 5.25. The van der Waals surface area contributed by atoms with E-state index in [1.54, 1.807) is 18.4 Å². The SMILES string of the molecule is CCNC(=NCc1ccsc1)NCc1ccccc1COC. The summed E-state index contributed by atoms with van der Waals surface area (Å²) in [6.07, 6.45) is 0. The number of aliphatic imine (C=N–C) groups is 1. The molecule has 5 heteroatoms. The first-order chi connectivity index (χ1) is 10.8. The number of thiophene rings is 1. The molecule has 1 aromatic carbocycles. The Labute approximate surface area is 136 Å². The molecule has 0 fully saturated rings. The number of nitrogens with one attached hydrogen (secondary N) is 2. The Balaban J connectivity index is 1.98. The molecule has 0 aliphatic heterocycles. The summed E-state index contributed by atoms with van der Waals surface area (Å²) >= 11 is 1.70. The van der Waals surface area contributed by atoms with E-state index in [-0.39, 0.29) is 0 Å². The van der Waals surface area contributed by atoms with Crippen molar-refractivity contribution >= 4 is 17.3 Å². The van der Waals surface area contributed by atoms with Gasteiger partial charge in [0.05, 0.1) is 13.2 Å². The highest BCUT2D eigenvalue weighted by Gasteiger charge is 2.03. The van der Waals surface area contributed by atoms with Gasteiger partial charge in [-0.05, 0) is 40.4 Å². The normalized spacial score (nSPS) is 11.5. The summed E-state index contributed by atoms with van der Waals surface area (Å²) in [7, 11) is 1.72. The highest BCUT2D eigenvalue weighted by Crippen LogP contribution is 2.10. The molecule has 0 aliphatic carbocycles. The third-order valence-electron chi connectivity index (χ3n) is 3.21. The molecule has 0 saturated heterocycles. The predicted octanol–water partition coefficient (Wildman–Crippen LogP) is 3.15. The molecule has 0 saturated carbocycles. The van der Waals surface area contributed by atoms with Crippen LogP contribution in [0.2, 0.25) is 0 Å². The van der Waals surface area contributed by atoms with E-state index in [9.17, 15) is 0 Å². The Morgan fingerprint density at radius 3 is 2.68 bits per heavy atom. The maximum atomic E-state index is 5.25. The lowest BCUT2D eigenvalue weighted by molar-refractivity contribution is 0.184. The van der Waals surface area contributed by atoms with Crippen molar-refractivity contribution in [1.82, 2.24) is 10.6 Å². The lowest BCUT2D eigenvalue weighted by Gasteiger charge is -2.13. The first-order valence-electron chi connectivity index (χ1n) is 7.42. The molecule has 0 aliphatic rings. The molecule has 1 aromatic heterocycles. The number of hydrogen-bond donors (Lipinski definition) is 2. The quantitative estimate of drug-likeness (QED) is 0.609. The summed E-state index contributed by atoms with van der Waals surface area (Å²) in [5, 5.41) is 10.9. The van der Waals surface area contributed by atoms with Gasteiger partial charge < -0.3 is 15.4 Å². The molecule has 2 aromatic rings. The van der Waals surface area contributed by atoms with Gasteiger partial charge in [-0.25, -0.2) is 4.99 Å². The van der Waals surface area contributed by atoms with Crippen molar-refractivity contribution in [2.24, 2.45) is 4.99 Å². The van der Waals surface area contributed by atoms with Crippen LogP contribution >= 0.6 is 11.3 Å². The van der Waals surface area contributed by atoms with Gasteiger partial charge >= 0.3 is 0 Å². The van der Waals surface area contributed by atoms with E-state index < -0.39 is 0 Å². The molecule has 118 valence electrons. The monoisotopic (exact) mass is 317 g/mol. The summed E-state index contributed by atoms with van der Waals surface area (Å²) in [6.45, 7) is 4.96. The van der Waals surface area contributed by atoms with E-state index in [2.05, 4.69) is 51.5 Å². The Morgan fingerprint density at radius 1 is 1.18 bits per heavy atom. The van der Waals surface area contributed by atoms with E-state index in [4.69, 9.17) is 4.74 Å². The predicted molar refractivity (Wildman–Crippen MR) is 93.1 cm³/mol. The van der Waals surface area contributed by atoms with Crippen molar-refractivity contribution in [1.29, 1.82) is 0 Å². The Bertz CT molecular complexity index is 581. The Kier molecular flexibility index (Phi) is 6.93. The molecule has 2 N–H and O–H groups in total. The molecule has 2 rings (SSSR count). The van der Waals surface area contributed by atoms with Gasteiger partial charge in [-0.15, -0.1) is 0 Å². The molecule has 0 atom stereocenters. The number of rotatable bonds is 7. The van der Waals surface area contributed by atoms with Crippen LogP contribution in [-0.4, -0.2) is 19.6 Å². The van der Waals surface area contributed by atoms with Crippen molar-refractivity contribution in [2.75, 3.05) is 13.7 Å². The van der Waals surface area contributed by atoms with Gasteiger partial charge in [0, 0.05) is 20.2 Å². The van der Waals surface area contributed by atoms with Gasteiger partial charge in [-0.3, -0.25) is 0 Å². The zero-order valence-electron chi connectivity index (χ0n) is 13.1. The van der Waals surface area contributed by atoms with Gasteiger partial charge in [-0.2, -0.15) is 11.3 Å². The van der Waals surface area contributed by atoms with Crippen molar-refractivity contribution < 1.29 is 4.74 Å². The van der Waals surface area contributed by atoms with E-state index >= 15 is 0 Å². The number of nitrogens with zero attached hydrogens (tertiary/aromatic N) is 1. The second-order valence-corrected chi connectivity index (χ2v) is 5.66. The minimum absolute atomic E-state index is 0.625. The third-order valence-corrected chi connectivity index (χ3v) is 3.94. The second kappa shape index (κ2) is 9.23. The number of ether oxygens (including phenoxy) is 1. The highest BCUT2D eigenvalue weighted by molar-refractivity contribution is 7.07. The van der Waals surface area contributed by atoms with Crippen LogP contribution < -0.4 is 10.6 Å². The van der Waals surface area contributed by atoms with E-state index in [1.165, 1.54) is 16.7 Å². The molecular weight excluding hydrogens is 294 g/mol. The van der Waals surface area contributed by atoms with Crippen LogP contribution in [0.4, 0.5) is 0 Å². The fourth-order valence-electron chi connectivity index (χ4n) is 2.10. The van der Waals surface area contributed by atoms with Crippen LogP contribution in [0, 0.1) is 0 Å². The standard InChI is InChI=1S/C17H23N3OS/c1-3-18-17(19-10-14-8-9-22-13-14)20-11-15-6-4-5-7-16(15)12-21-2/h4-9,13H,3,10-12H2,1-2H3,(H2,18,19,20). The van der Waals surface area contributed by atoms with Crippen LogP contribution in [-0.2, 0) is 24.4 Å². The zero-order valence-corrected chi connectivity index (χ0v) is 14.0. The summed E-state index contributed by atoms with van der Waals surface area (Å²) in [5.74, 6) is 0.834. The van der Waals surface area contributed by atoms with Gasteiger partial charge in [0.2, 0.25) is 0 Å². The van der Waals surface area contributed by atoms with Crippen molar-refractivity contribution in [3.05, 3.63) is 57.8 Å².